The van der Waals surface area contributed by atoms with Crippen LogP contribution < -0.4 is 0 Å². The summed E-state index contributed by atoms with van der Waals surface area (Å²) in [4.78, 5) is 11.7. The second-order valence-corrected chi connectivity index (χ2v) is 4.64. The number of nitriles is 1. The second kappa shape index (κ2) is 7.28. The maximum Gasteiger partial charge on any atom is 0.331 e. The van der Waals surface area contributed by atoms with Gasteiger partial charge < -0.3 is 4.74 Å². The van der Waals surface area contributed by atoms with E-state index >= 15 is 0 Å². The lowest BCUT2D eigenvalue weighted by atomic mass is 10.1. The summed E-state index contributed by atoms with van der Waals surface area (Å²) in [7, 11) is 0. The van der Waals surface area contributed by atoms with Gasteiger partial charge in [0.1, 0.15) is 6.61 Å². The van der Waals surface area contributed by atoms with E-state index in [1.54, 1.807) is 42.5 Å². The Morgan fingerprint density at radius 3 is 2.67 bits per heavy atom. The Balaban J connectivity index is 1.97. The summed E-state index contributed by atoms with van der Waals surface area (Å²) >= 11 is 5.98. The van der Waals surface area contributed by atoms with Crippen LogP contribution in [-0.4, -0.2) is 5.97 Å². The molecule has 0 N–H and O–H groups in total. The van der Waals surface area contributed by atoms with Gasteiger partial charge >= 0.3 is 5.97 Å². The maximum absolute atomic E-state index is 11.7. The lowest BCUT2D eigenvalue weighted by molar-refractivity contribution is -0.138. The van der Waals surface area contributed by atoms with E-state index < -0.39 is 5.97 Å². The molecule has 0 radical (unpaired) electrons. The molecule has 0 unspecified atom stereocenters. The highest BCUT2D eigenvalue weighted by Crippen LogP contribution is 2.16. The predicted octanol–water partition coefficient (Wildman–Crippen LogP) is 3.97. The molecule has 104 valence electrons. The van der Waals surface area contributed by atoms with Gasteiger partial charge in [-0.1, -0.05) is 48.0 Å². The summed E-state index contributed by atoms with van der Waals surface area (Å²) in [5, 5.41) is 9.51. The van der Waals surface area contributed by atoms with E-state index in [-0.39, 0.29) is 6.61 Å². The number of benzene rings is 2. The second-order valence-electron chi connectivity index (χ2n) is 4.23. The Hall–Kier alpha value is -2.57. The van der Waals surface area contributed by atoms with Gasteiger partial charge in [-0.25, -0.2) is 4.79 Å². The highest BCUT2D eigenvalue weighted by Gasteiger charge is 2.04. The van der Waals surface area contributed by atoms with E-state index in [1.807, 2.05) is 12.1 Å². The van der Waals surface area contributed by atoms with Crippen LogP contribution in [0.5, 0.6) is 0 Å². The minimum Gasteiger partial charge on any atom is -0.458 e. The minimum atomic E-state index is -0.484. The molecule has 2 rings (SSSR count). The normalized spacial score (nSPS) is 10.3. The number of esters is 1. The Kier molecular flexibility index (Phi) is 5.14. The van der Waals surface area contributed by atoms with Gasteiger partial charge in [0.05, 0.1) is 11.6 Å². The van der Waals surface area contributed by atoms with E-state index in [4.69, 9.17) is 21.6 Å². The van der Waals surface area contributed by atoms with Gasteiger partial charge in [-0.05, 0) is 23.8 Å². The monoisotopic (exact) mass is 297 g/mol. The van der Waals surface area contributed by atoms with Crippen LogP contribution in [-0.2, 0) is 16.1 Å². The van der Waals surface area contributed by atoms with Gasteiger partial charge in [-0.15, -0.1) is 0 Å². The van der Waals surface area contributed by atoms with Crippen molar-refractivity contribution in [3.05, 3.63) is 76.3 Å². The molecule has 0 aromatic heterocycles. The van der Waals surface area contributed by atoms with Crippen LogP contribution in [0, 0.1) is 11.3 Å². The lowest BCUT2D eigenvalue weighted by Crippen LogP contribution is -2.02. The van der Waals surface area contributed by atoms with Gasteiger partial charge in [-0.3, -0.25) is 0 Å². The van der Waals surface area contributed by atoms with Crippen molar-refractivity contribution in [2.75, 3.05) is 0 Å². The quantitative estimate of drug-likeness (QED) is 0.634. The Morgan fingerprint density at radius 1 is 1.19 bits per heavy atom. The number of nitrogens with zero attached hydrogens (tertiary/aromatic N) is 1. The summed E-state index contributed by atoms with van der Waals surface area (Å²) < 4.78 is 5.11. The minimum absolute atomic E-state index is 0.0649. The molecule has 0 spiro atoms. The topological polar surface area (TPSA) is 50.1 Å². The fourth-order valence-electron chi connectivity index (χ4n) is 1.72. The zero-order valence-electron chi connectivity index (χ0n) is 11.1. The molecule has 0 aliphatic heterocycles. The molecule has 0 atom stereocenters. The summed E-state index contributed by atoms with van der Waals surface area (Å²) in [5.74, 6) is -0.484. The van der Waals surface area contributed by atoms with E-state index in [2.05, 4.69) is 6.07 Å². The van der Waals surface area contributed by atoms with Crippen LogP contribution in [0.4, 0.5) is 0 Å². The van der Waals surface area contributed by atoms with Gasteiger partial charge in [0.15, 0.2) is 0 Å². The number of ether oxygens (including phenoxy) is 1. The highest BCUT2D eigenvalue weighted by molar-refractivity contribution is 6.32. The van der Waals surface area contributed by atoms with E-state index in [0.717, 1.165) is 5.56 Å². The molecule has 0 aliphatic rings. The molecule has 0 aliphatic carbocycles. The zero-order chi connectivity index (χ0) is 15.1. The van der Waals surface area contributed by atoms with Crippen LogP contribution in [0.25, 0.3) is 6.08 Å². The molecular weight excluding hydrogens is 286 g/mol. The third kappa shape index (κ3) is 4.20. The molecule has 2 aromatic carbocycles. The fraction of sp³-hybridized carbons (Fsp3) is 0.0588. The Bertz CT molecular complexity index is 717. The summed E-state index contributed by atoms with van der Waals surface area (Å²) in [6.45, 7) is 0.0649. The number of carbonyl (C=O) groups is 1. The van der Waals surface area contributed by atoms with Crippen molar-refractivity contribution in [2.45, 2.75) is 6.61 Å². The molecular formula is C17H12ClNO2. The summed E-state index contributed by atoms with van der Waals surface area (Å²) in [5.41, 5.74) is 1.92. The van der Waals surface area contributed by atoms with Crippen molar-refractivity contribution in [3.8, 4) is 6.07 Å². The fourth-order valence-corrected chi connectivity index (χ4v) is 1.92. The van der Waals surface area contributed by atoms with Crippen molar-refractivity contribution in [1.82, 2.24) is 0 Å². The van der Waals surface area contributed by atoms with Crippen LogP contribution in [0.3, 0.4) is 0 Å². The molecule has 2 aromatic rings. The Labute approximate surface area is 128 Å². The van der Waals surface area contributed by atoms with E-state index in [0.29, 0.717) is 16.1 Å². The number of hydrogen-bond donors (Lipinski definition) is 0. The van der Waals surface area contributed by atoms with Crippen molar-refractivity contribution in [2.24, 2.45) is 0 Å². The van der Waals surface area contributed by atoms with Gasteiger partial charge in [0.25, 0.3) is 0 Å². The molecule has 0 bridgehead atoms. The first-order valence-corrected chi connectivity index (χ1v) is 6.66. The van der Waals surface area contributed by atoms with Gasteiger partial charge in [0, 0.05) is 16.7 Å². The first kappa shape index (κ1) is 14.8. The van der Waals surface area contributed by atoms with Crippen molar-refractivity contribution in [3.63, 3.8) is 0 Å². The molecule has 3 nitrogen and oxygen atoms in total. The van der Waals surface area contributed by atoms with Gasteiger partial charge in [0.2, 0.25) is 0 Å². The lowest BCUT2D eigenvalue weighted by Gasteiger charge is -2.04. The van der Waals surface area contributed by atoms with Crippen molar-refractivity contribution < 1.29 is 9.53 Å². The third-order valence-corrected chi connectivity index (χ3v) is 3.16. The first-order chi connectivity index (χ1) is 10.2. The average molecular weight is 298 g/mol. The van der Waals surface area contributed by atoms with E-state index in [9.17, 15) is 4.79 Å². The van der Waals surface area contributed by atoms with Crippen molar-refractivity contribution >= 4 is 23.6 Å². The smallest absolute Gasteiger partial charge is 0.331 e. The summed E-state index contributed by atoms with van der Waals surface area (Å²) in [6.07, 6.45) is 2.91. The van der Waals surface area contributed by atoms with Crippen LogP contribution in [0.2, 0.25) is 5.02 Å². The Morgan fingerprint density at radius 2 is 1.90 bits per heavy atom. The maximum atomic E-state index is 11.7. The number of hydrogen-bond acceptors (Lipinski definition) is 3. The number of halogens is 1. The van der Waals surface area contributed by atoms with E-state index in [1.165, 1.54) is 6.08 Å². The molecule has 0 amide bonds. The molecule has 0 saturated carbocycles. The molecule has 0 saturated heterocycles. The molecule has 4 heteroatoms. The number of rotatable bonds is 4. The SMILES string of the molecule is N#Cc1ccccc1COC(=O)/C=C/c1ccccc1Cl. The third-order valence-electron chi connectivity index (χ3n) is 2.81. The standard InChI is InChI=1S/C17H12ClNO2/c18-16-8-4-3-5-13(16)9-10-17(20)21-12-15-7-2-1-6-14(15)11-19/h1-10H,12H2/b10-9+. The molecule has 21 heavy (non-hydrogen) atoms. The molecule has 0 heterocycles. The average Bonchev–Trinajstić information content (AvgIpc) is 2.52. The largest absolute Gasteiger partial charge is 0.458 e. The summed E-state index contributed by atoms with van der Waals surface area (Å²) in [6, 6.07) is 16.3. The number of carbonyl (C=O) groups excluding carboxylic acids is 1. The van der Waals surface area contributed by atoms with Crippen LogP contribution in [0.15, 0.2) is 54.6 Å². The van der Waals surface area contributed by atoms with Crippen LogP contribution >= 0.6 is 11.6 Å². The van der Waals surface area contributed by atoms with Gasteiger partial charge in [-0.2, -0.15) is 5.26 Å². The van der Waals surface area contributed by atoms with Crippen LogP contribution in [0.1, 0.15) is 16.7 Å². The highest BCUT2D eigenvalue weighted by atomic mass is 35.5. The van der Waals surface area contributed by atoms with Crippen molar-refractivity contribution in [1.29, 1.82) is 5.26 Å². The predicted molar refractivity (Wildman–Crippen MR) is 81.4 cm³/mol. The molecule has 0 fully saturated rings. The first-order valence-electron chi connectivity index (χ1n) is 6.28. The zero-order valence-corrected chi connectivity index (χ0v) is 11.9.